The molecule has 0 radical (unpaired) electrons. The Bertz CT molecular complexity index is 473. The molecular formula is C12H13NO2S. The number of amides is 1. The van der Waals surface area contributed by atoms with Crippen LogP contribution in [-0.2, 0) is 0 Å². The average molecular weight is 235 g/mol. The number of rotatable bonds is 3. The third-order valence-electron chi connectivity index (χ3n) is 2.42. The van der Waals surface area contributed by atoms with E-state index >= 15 is 0 Å². The summed E-state index contributed by atoms with van der Waals surface area (Å²) in [5.74, 6) is 0.558. The van der Waals surface area contributed by atoms with Crippen molar-refractivity contribution in [2.75, 3.05) is 0 Å². The number of nitrogens with one attached hydrogen (secondary N) is 1. The second kappa shape index (κ2) is 4.53. The summed E-state index contributed by atoms with van der Waals surface area (Å²) in [6, 6.07) is 5.71. The van der Waals surface area contributed by atoms with Crippen molar-refractivity contribution in [2.45, 2.75) is 19.9 Å². The van der Waals surface area contributed by atoms with Gasteiger partial charge in [0.25, 0.3) is 5.91 Å². The van der Waals surface area contributed by atoms with Gasteiger partial charge in [-0.2, -0.15) is 0 Å². The molecular weight excluding hydrogens is 222 g/mol. The van der Waals surface area contributed by atoms with Crippen molar-refractivity contribution in [3.63, 3.8) is 0 Å². The summed E-state index contributed by atoms with van der Waals surface area (Å²) in [5, 5.41) is 4.94. The van der Waals surface area contributed by atoms with E-state index in [-0.39, 0.29) is 11.9 Å². The Hall–Kier alpha value is -1.55. The van der Waals surface area contributed by atoms with Gasteiger partial charge < -0.3 is 9.73 Å². The highest BCUT2D eigenvalue weighted by Crippen LogP contribution is 2.19. The first kappa shape index (κ1) is 11.0. The maximum absolute atomic E-state index is 11.9. The SMILES string of the molecule is Cc1occc1C(=O)N[C@@H](C)c1cccs1. The molecule has 0 saturated heterocycles. The topological polar surface area (TPSA) is 42.2 Å². The number of carbonyl (C=O) groups excluding carboxylic acids is 1. The number of aryl methyl sites for hydroxylation is 1. The molecule has 16 heavy (non-hydrogen) atoms. The van der Waals surface area contributed by atoms with E-state index in [1.807, 2.05) is 24.4 Å². The molecule has 2 aromatic heterocycles. The monoisotopic (exact) mass is 235 g/mol. The quantitative estimate of drug-likeness (QED) is 0.888. The number of furan rings is 1. The first-order chi connectivity index (χ1) is 7.68. The predicted octanol–water partition coefficient (Wildman–Crippen LogP) is 3.14. The summed E-state index contributed by atoms with van der Waals surface area (Å²) in [5.41, 5.74) is 0.600. The van der Waals surface area contributed by atoms with Gasteiger partial charge in [0.1, 0.15) is 5.76 Å². The van der Waals surface area contributed by atoms with Crippen molar-refractivity contribution in [3.8, 4) is 0 Å². The maximum Gasteiger partial charge on any atom is 0.255 e. The average Bonchev–Trinajstić information content (AvgIpc) is 2.86. The van der Waals surface area contributed by atoms with Crippen LogP contribution >= 0.6 is 11.3 Å². The molecule has 1 N–H and O–H groups in total. The Morgan fingerprint density at radius 1 is 1.50 bits per heavy atom. The maximum atomic E-state index is 11.9. The first-order valence-electron chi connectivity index (χ1n) is 5.07. The van der Waals surface area contributed by atoms with Gasteiger partial charge >= 0.3 is 0 Å². The van der Waals surface area contributed by atoms with E-state index < -0.39 is 0 Å². The number of hydrogen-bond acceptors (Lipinski definition) is 3. The molecule has 4 heteroatoms. The summed E-state index contributed by atoms with van der Waals surface area (Å²) < 4.78 is 5.10. The van der Waals surface area contributed by atoms with E-state index in [9.17, 15) is 4.79 Å². The van der Waals surface area contributed by atoms with Crippen LogP contribution in [0.15, 0.2) is 34.3 Å². The fraction of sp³-hybridized carbons (Fsp3) is 0.250. The zero-order chi connectivity index (χ0) is 11.5. The molecule has 0 fully saturated rings. The third-order valence-corrected chi connectivity index (χ3v) is 3.48. The summed E-state index contributed by atoms with van der Waals surface area (Å²) in [7, 11) is 0. The van der Waals surface area contributed by atoms with Crippen LogP contribution in [-0.4, -0.2) is 5.91 Å². The van der Waals surface area contributed by atoms with Gasteiger partial charge in [0.2, 0.25) is 0 Å². The molecule has 0 aliphatic carbocycles. The molecule has 0 aromatic carbocycles. The van der Waals surface area contributed by atoms with Crippen LogP contribution in [0.3, 0.4) is 0 Å². The van der Waals surface area contributed by atoms with E-state index in [4.69, 9.17) is 4.42 Å². The van der Waals surface area contributed by atoms with Crippen LogP contribution < -0.4 is 5.32 Å². The zero-order valence-corrected chi connectivity index (χ0v) is 10.0. The summed E-state index contributed by atoms with van der Waals surface area (Å²) in [6.45, 7) is 3.75. The lowest BCUT2D eigenvalue weighted by Crippen LogP contribution is -2.26. The van der Waals surface area contributed by atoms with Gasteiger partial charge in [-0.25, -0.2) is 0 Å². The lowest BCUT2D eigenvalue weighted by atomic mass is 10.2. The molecule has 84 valence electrons. The molecule has 2 aromatic rings. The number of thiophene rings is 1. The minimum absolute atomic E-state index is 0.0294. The molecule has 2 rings (SSSR count). The molecule has 1 amide bonds. The van der Waals surface area contributed by atoms with E-state index in [1.165, 1.54) is 6.26 Å². The molecule has 0 saturated carbocycles. The van der Waals surface area contributed by atoms with Crippen molar-refractivity contribution in [2.24, 2.45) is 0 Å². The van der Waals surface area contributed by atoms with Crippen LogP contribution in [0.1, 0.15) is 34.0 Å². The minimum Gasteiger partial charge on any atom is -0.469 e. The Morgan fingerprint density at radius 2 is 2.31 bits per heavy atom. The second-order valence-corrected chi connectivity index (χ2v) is 4.58. The Labute approximate surface area is 98.1 Å². The lowest BCUT2D eigenvalue weighted by molar-refractivity contribution is 0.0939. The van der Waals surface area contributed by atoms with Crippen LogP contribution in [0.4, 0.5) is 0 Å². The van der Waals surface area contributed by atoms with E-state index in [2.05, 4.69) is 5.32 Å². The van der Waals surface area contributed by atoms with Gasteiger partial charge in [-0.3, -0.25) is 4.79 Å². The zero-order valence-electron chi connectivity index (χ0n) is 9.19. The Balaban J connectivity index is 2.06. The van der Waals surface area contributed by atoms with Crippen LogP contribution in [0.2, 0.25) is 0 Å². The molecule has 3 nitrogen and oxygen atoms in total. The Kier molecular flexibility index (Phi) is 3.10. The smallest absolute Gasteiger partial charge is 0.255 e. The minimum atomic E-state index is -0.0906. The van der Waals surface area contributed by atoms with Crippen molar-refractivity contribution >= 4 is 17.2 Å². The number of carbonyl (C=O) groups is 1. The van der Waals surface area contributed by atoms with E-state index in [0.717, 1.165) is 4.88 Å². The highest BCUT2D eigenvalue weighted by Gasteiger charge is 2.15. The van der Waals surface area contributed by atoms with Crippen molar-refractivity contribution in [1.82, 2.24) is 5.32 Å². The highest BCUT2D eigenvalue weighted by atomic mass is 32.1. The molecule has 0 unspecified atom stereocenters. The number of hydrogen-bond donors (Lipinski definition) is 1. The van der Waals surface area contributed by atoms with Gasteiger partial charge in [-0.05, 0) is 31.4 Å². The van der Waals surface area contributed by atoms with Crippen LogP contribution in [0.25, 0.3) is 0 Å². The third kappa shape index (κ3) is 2.17. The predicted molar refractivity (Wildman–Crippen MR) is 63.6 cm³/mol. The molecule has 0 bridgehead atoms. The largest absolute Gasteiger partial charge is 0.469 e. The fourth-order valence-electron chi connectivity index (χ4n) is 1.50. The molecule has 1 atom stereocenters. The van der Waals surface area contributed by atoms with E-state index in [0.29, 0.717) is 11.3 Å². The van der Waals surface area contributed by atoms with Gasteiger partial charge in [0, 0.05) is 4.88 Å². The second-order valence-electron chi connectivity index (χ2n) is 3.60. The summed E-state index contributed by atoms with van der Waals surface area (Å²) in [4.78, 5) is 13.0. The summed E-state index contributed by atoms with van der Waals surface area (Å²) in [6.07, 6.45) is 1.53. The van der Waals surface area contributed by atoms with E-state index in [1.54, 1.807) is 24.3 Å². The van der Waals surface area contributed by atoms with Crippen LogP contribution in [0, 0.1) is 6.92 Å². The molecule has 0 spiro atoms. The summed E-state index contributed by atoms with van der Waals surface area (Å²) >= 11 is 1.64. The van der Waals surface area contributed by atoms with Gasteiger partial charge in [-0.1, -0.05) is 6.07 Å². The normalized spacial score (nSPS) is 12.4. The van der Waals surface area contributed by atoms with Gasteiger partial charge in [0.15, 0.2) is 0 Å². The standard InChI is InChI=1S/C12H13NO2S/c1-8(11-4-3-7-16-11)13-12(14)10-5-6-15-9(10)2/h3-8H,1-2H3,(H,13,14)/t8-/m0/s1. The molecule has 0 aliphatic heterocycles. The highest BCUT2D eigenvalue weighted by molar-refractivity contribution is 7.10. The molecule has 2 heterocycles. The molecule has 0 aliphatic rings. The first-order valence-corrected chi connectivity index (χ1v) is 5.95. The lowest BCUT2D eigenvalue weighted by Gasteiger charge is -2.11. The fourth-order valence-corrected chi connectivity index (χ4v) is 2.24. The van der Waals surface area contributed by atoms with Crippen molar-refractivity contribution in [3.05, 3.63) is 46.0 Å². The Morgan fingerprint density at radius 3 is 2.88 bits per heavy atom. The van der Waals surface area contributed by atoms with Gasteiger partial charge in [0.05, 0.1) is 17.9 Å². The van der Waals surface area contributed by atoms with Crippen LogP contribution in [0.5, 0.6) is 0 Å². The van der Waals surface area contributed by atoms with Crippen molar-refractivity contribution < 1.29 is 9.21 Å². The van der Waals surface area contributed by atoms with Gasteiger partial charge in [-0.15, -0.1) is 11.3 Å². The van der Waals surface area contributed by atoms with Crippen molar-refractivity contribution in [1.29, 1.82) is 0 Å².